The highest BCUT2D eigenvalue weighted by Crippen LogP contribution is 2.31. The first-order valence-corrected chi connectivity index (χ1v) is 6.15. The number of methoxy groups -OCH3 is 1. The van der Waals surface area contributed by atoms with E-state index in [1.807, 2.05) is 42.6 Å². The third kappa shape index (κ3) is 1.90. The van der Waals surface area contributed by atoms with Gasteiger partial charge in [-0.25, -0.2) is 4.98 Å². The molecule has 1 aromatic carbocycles. The molecule has 19 heavy (non-hydrogen) atoms. The van der Waals surface area contributed by atoms with Crippen molar-refractivity contribution < 1.29 is 4.74 Å². The van der Waals surface area contributed by atoms with E-state index in [0.29, 0.717) is 27.9 Å². The monoisotopic (exact) mass is 273 g/mol. The number of fused-ring (bicyclic) bond motifs is 1. The van der Waals surface area contributed by atoms with Crippen molar-refractivity contribution in [3.05, 3.63) is 47.6 Å². The number of nitrogens with two attached hydrogens (primary N) is 1. The summed E-state index contributed by atoms with van der Waals surface area (Å²) in [5.74, 6) is 1.25. The van der Waals surface area contributed by atoms with Gasteiger partial charge in [0.1, 0.15) is 11.5 Å². The van der Waals surface area contributed by atoms with Crippen LogP contribution in [0.2, 0.25) is 5.02 Å². The third-order valence-electron chi connectivity index (χ3n) is 2.97. The Bertz CT molecular complexity index is 752. The van der Waals surface area contributed by atoms with Gasteiger partial charge < -0.3 is 10.5 Å². The van der Waals surface area contributed by atoms with Crippen LogP contribution in [-0.4, -0.2) is 16.5 Å². The summed E-state index contributed by atoms with van der Waals surface area (Å²) in [7, 11) is 1.61. The fourth-order valence-corrected chi connectivity index (χ4v) is 2.26. The maximum atomic E-state index is 6.15. The second-order valence-electron chi connectivity index (χ2n) is 4.13. The number of aromatic nitrogens is 2. The van der Waals surface area contributed by atoms with Gasteiger partial charge >= 0.3 is 0 Å². The topological polar surface area (TPSA) is 52.5 Å². The van der Waals surface area contributed by atoms with Gasteiger partial charge in [0.25, 0.3) is 0 Å². The van der Waals surface area contributed by atoms with Crippen molar-refractivity contribution in [3.63, 3.8) is 0 Å². The summed E-state index contributed by atoms with van der Waals surface area (Å²) >= 11 is 6.00. The Balaban J connectivity index is 2.28. The SMILES string of the molecule is COc1cccn2c(N)c(-c3cccc(Cl)c3)nc12. The molecule has 2 aromatic heterocycles. The van der Waals surface area contributed by atoms with Crippen molar-refractivity contribution in [1.29, 1.82) is 0 Å². The molecule has 0 unspecified atom stereocenters. The van der Waals surface area contributed by atoms with Crippen LogP contribution in [0.25, 0.3) is 16.9 Å². The average Bonchev–Trinajstić information content (AvgIpc) is 2.76. The van der Waals surface area contributed by atoms with E-state index in [-0.39, 0.29) is 0 Å². The molecule has 96 valence electrons. The van der Waals surface area contributed by atoms with Crippen molar-refractivity contribution in [3.8, 4) is 17.0 Å². The van der Waals surface area contributed by atoms with Crippen LogP contribution in [0.4, 0.5) is 5.82 Å². The van der Waals surface area contributed by atoms with Crippen LogP contribution in [0.5, 0.6) is 5.75 Å². The summed E-state index contributed by atoms with van der Waals surface area (Å²) in [6.07, 6.45) is 1.86. The first kappa shape index (κ1) is 11.9. The van der Waals surface area contributed by atoms with E-state index >= 15 is 0 Å². The Labute approximate surface area is 115 Å². The summed E-state index contributed by atoms with van der Waals surface area (Å²) in [6, 6.07) is 11.2. The summed E-state index contributed by atoms with van der Waals surface area (Å²) in [4.78, 5) is 4.55. The standard InChI is InChI=1S/C14H12ClN3O/c1-19-11-6-3-7-18-13(16)12(17-14(11)18)9-4-2-5-10(15)8-9/h2-8H,16H2,1H3. The smallest absolute Gasteiger partial charge is 0.181 e. The van der Waals surface area contributed by atoms with Crippen LogP contribution in [0.1, 0.15) is 0 Å². The molecule has 0 radical (unpaired) electrons. The van der Waals surface area contributed by atoms with Gasteiger partial charge in [0.15, 0.2) is 11.4 Å². The van der Waals surface area contributed by atoms with Gasteiger partial charge in [0.2, 0.25) is 0 Å². The zero-order valence-corrected chi connectivity index (χ0v) is 11.1. The van der Waals surface area contributed by atoms with E-state index in [1.165, 1.54) is 0 Å². The summed E-state index contributed by atoms with van der Waals surface area (Å²) < 4.78 is 7.09. The molecule has 0 saturated heterocycles. The Morgan fingerprint density at radius 1 is 1.26 bits per heavy atom. The molecule has 2 N–H and O–H groups in total. The minimum Gasteiger partial charge on any atom is -0.493 e. The van der Waals surface area contributed by atoms with Crippen molar-refractivity contribution in [2.45, 2.75) is 0 Å². The van der Waals surface area contributed by atoms with E-state index < -0.39 is 0 Å². The lowest BCUT2D eigenvalue weighted by Crippen LogP contribution is -1.95. The lowest BCUT2D eigenvalue weighted by molar-refractivity contribution is 0.417. The molecule has 2 heterocycles. The van der Waals surface area contributed by atoms with Crippen LogP contribution in [0.3, 0.4) is 0 Å². The molecule has 3 rings (SSSR count). The predicted molar refractivity (Wildman–Crippen MR) is 76.6 cm³/mol. The quantitative estimate of drug-likeness (QED) is 0.780. The fraction of sp³-hybridized carbons (Fsp3) is 0.0714. The molecule has 0 spiro atoms. The second-order valence-corrected chi connectivity index (χ2v) is 4.56. The van der Waals surface area contributed by atoms with Crippen LogP contribution >= 0.6 is 11.6 Å². The minimum atomic E-state index is 0.566. The summed E-state index contributed by atoms with van der Waals surface area (Å²) in [5.41, 5.74) is 8.42. The van der Waals surface area contributed by atoms with Crippen molar-refractivity contribution in [1.82, 2.24) is 9.38 Å². The molecule has 3 aromatic rings. The Morgan fingerprint density at radius 3 is 2.84 bits per heavy atom. The molecule has 0 fully saturated rings. The zero-order valence-electron chi connectivity index (χ0n) is 10.3. The van der Waals surface area contributed by atoms with Crippen LogP contribution in [0.15, 0.2) is 42.6 Å². The van der Waals surface area contributed by atoms with Gasteiger partial charge in [-0.05, 0) is 24.3 Å². The predicted octanol–water partition coefficient (Wildman–Crippen LogP) is 3.25. The molecule has 0 atom stereocenters. The second kappa shape index (κ2) is 4.48. The number of nitrogen functional groups attached to an aromatic ring is 1. The number of imidazole rings is 1. The number of benzene rings is 1. The highest BCUT2D eigenvalue weighted by atomic mass is 35.5. The molecular weight excluding hydrogens is 262 g/mol. The van der Waals surface area contributed by atoms with Crippen LogP contribution in [0, 0.1) is 0 Å². The van der Waals surface area contributed by atoms with Gasteiger partial charge in [0, 0.05) is 16.8 Å². The van der Waals surface area contributed by atoms with E-state index in [2.05, 4.69) is 4.98 Å². The number of nitrogens with zero attached hydrogens (tertiary/aromatic N) is 2. The van der Waals surface area contributed by atoms with E-state index in [4.69, 9.17) is 22.1 Å². The first-order chi connectivity index (χ1) is 9.20. The molecular formula is C14H12ClN3O. The molecule has 0 amide bonds. The summed E-state index contributed by atoms with van der Waals surface area (Å²) in [5, 5.41) is 0.654. The van der Waals surface area contributed by atoms with E-state index in [1.54, 1.807) is 11.5 Å². The highest BCUT2D eigenvalue weighted by molar-refractivity contribution is 6.30. The number of hydrogen-bond acceptors (Lipinski definition) is 3. The summed E-state index contributed by atoms with van der Waals surface area (Å²) in [6.45, 7) is 0. The molecule has 0 aliphatic carbocycles. The Kier molecular flexibility index (Phi) is 2.80. The van der Waals surface area contributed by atoms with Gasteiger partial charge in [-0.2, -0.15) is 0 Å². The van der Waals surface area contributed by atoms with Crippen LogP contribution < -0.4 is 10.5 Å². The molecule has 0 aliphatic rings. The third-order valence-corrected chi connectivity index (χ3v) is 3.20. The molecule has 4 nitrogen and oxygen atoms in total. The van der Waals surface area contributed by atoms with E-state index in [0.717, 1.165) is 5.56 Å². The number of hydrogen-bond donors (Lipinski definition) is 1. The number of pyridine rings is 1. The maximum Gasteiger partial charge on any atom is 0.181 e. The largest absolute Gasteiger partial charge is 0.493 e. The van der Waals surface area contributed by atoms with Gasteiger partial charge in [-0.3, -0.25) is 4.40 Å². The fourth-order valence-electron chi connectivity index (χ4n) is 2.07. The Hall–Kier alpha value is -2.20. The van der Waals surface area contributed by atoms with Gasteiger partial charge in [-0.15, -0.1) is 0 Å². The normalized spacial score (nSPS) is 10.8. The number of rotatable bonds is 2. The number of ether oxygens (including phenoxy) is 1. The van der Waals surface area contributed by atoms with Crippen LogP contribution in [-0.2, 0) is 0 Å². The minimum absolute atomic E-state index is 0.566. The zero-order chi connectivity index (χ0) is 13.4. The lowest BCUT2D eigenvalue weighted by atomic mass is 10.1. The molecule has 0 aliphatic heterocycles. The number of halogens is 1. The molecule has 0 saturated carbocycles. The van der Waals surface area contributed by atoms with Crippen molar-refractivity contribution in [2.24, 2.45) is 0 Å². The van der Waals surface area contributed by atoms with Gasteiger partial charge in [0.05, 0.1) is 7.11 Å². The highest BCUT2D eigenvalue weighted by Gasteiger charge is 2.14. The molecule has 0 bridgehead atoms. The Morgan fingerprint density at radius 2 is 2.11 bits per heavy atom. The number of anilines is 1. The molecule has 5 heteroatoms. The van der Waals surface area contributed by atoms with Crippen molar-refractivity contribution in [2.75, 3.05) is 12.8 Å². The van der Waals surface area contributed by atoms with Crippen molar-refractivity contribution >= 4 is 23.1 Å². The van der Waals surface area contributed by atoms with E-state index in [9.17, 15) is 0 Å². The average molecular weight is 274 g/mol. The lowest BCUT2D eigenvalue weighted by Gasteiger charge is -2.01. The first-order valence-electron chi connectivity index (χ1n) is 5.77. The van der Waals surface area contributed by atoms with Gasteiger partial charge in [-0.1, -0.05) is 23.7 Å². The maximum absolute atomic E-state index is 6.15.